The minimum Gasteiger partial charge on any atom is -0.494 e. The summed E-state index contributed by atoms with van der Waals surface area (Å²) >= 11 is 0. The molecule has 5 nitrogen and oxygen atoms in total. The van der Waals surface area contributed by atoms with Crippen LogP contribution in [0.3, 0.4) is 0 Å². The normalized spacial score (nSPS) is 10.9. The Morgan fingerprint density at radius 2 is 2.04 bits per heavy atom. The molecule has 2 aromatic rings. The van der Waals surface area contributed by atoms with E-state index in [9.17, 15) is 10.1 Å². The van der Waals surface area contributed by atoms with Crippen LogP contribution in [0, 0.1) is 25.2 Å². The Balaban J connectivity index is 2.37. The maximum Gasteiger partial charge on any atom is 0.262 e. The van der Waals surface area contributed by atoms with Gasteiger partial charge in [-0.05, 0) is 62.7 Å². The number of nitrogens with one attached hydrogen (secondary N) is 1. The first-order valence-electron chi connectivity index (χ1n) is 8.44. The highest BCUT2D eigenvalue weighted by Crippen LogP contribution is 2.24. The number of hydrogen-bond acceptors (Lipinski definition) is 3. The third-order valence-corrected chi connectivity index (χ3v) is 3.95. The molecule has 0 spiro atoms. The maximum absolute atomic E-state index is 12.0. The van der Waals surface area contributed by atoms with E-state index in [-0.39, 0.29) is 5.57 Å². The molecule has 2 rings (SSSR count). The summed E-state index contributed by atoms with van der Waals surface area (Å²) in [6.07, 6.45) is 3.19. The van der Waals surface area contributed by atoms with Crippen LogP contribution in [-0.2, 0) is 4.79 Å². The van der Waals surface area contributed by atoms with Crippen molar-refractivity contribution in [1.82, 2.24) is 9.88 Å². The van der Waals surface area contributed by atoms with Gasteiger partial charge in [-0.15, -0.1) is 6.58 Å². The van der Waals surface area contributed by atoms with E-state index >= 15 is 0 Å². The molecule has 5 heteroatoms. The van der Waals surface area contributed by atoms with E-state index in [0.29, 0.717) is 13.2 Å². The molecule has 0 atom stereocenters. The number of aryl methyl sites for hydroxylation is 1. The molecule has 0 fully saturated rings. The molecule has 0 radical (unpaired) electrons. The van der Waals surface area contributed by atoms with Crippen LogP contribution in [-0.4, -0.2) is 23.6 Å². The Morgan fingerprint density at radius 3 is 2.62 bits per heavy atom. The lowest BCUT2D eigenvalue weighted by Crippen LogP contribution is -2.24. The zero-order valence-electron chi connectivity index (χ0n) is 15.4. The summed E-state index contributed by atoms with van der Waals surface area (Å²) in [7, 11) is 0. The summed E-state index contributed by atoms with van der Waals surface area (Å²) in [6.45, 7) is 10.4. The summed E-state index contributed by atoms with van der Waals surface area (Å²) in [6, 6.07) is 11.8. The fourth-order valence-electron chi connectivity index (χ4n) is 2.75. The highest BCUT2D eigenvalue weighted by Gasteiger charge is 2.13. The van der Waals surface area contributed by atoms with Crippen LogP contribution in [0.4, 0.5) is 0 Å². The monoisotopic (exact) mass is 349 g/mol. The number of carbonyl (C=O) groups is 1. The number of ether oxygens (including phenoxy) is 1. The van der Waals surface area contributed by atoms with Crippen molar-refractivity contribution in [1.29, 1.82) is 5.26 Å². The average Bonchev–Trinajstić information content (AvgIpc) is 2.92. The SMILES string of the molecule is C=CCNC(=O)/C(C#N)=C/c1cc(C)n(-c2ccc(OCC)cc2)c1C. The van der Waals surface area contributed by atoms with Gasteiger partial charge >= 0.3 is 0 Å². The molecule has 26 heavy (non-hydrogen) atoms. The van der Waals surface area contributed by atoms with Crippen LogP contribution in [0.2, 0.25) is 0 Å². The lowest BCUT2D eigenvalue weighted by Gasteiger charge is -2.11. The van der Waals surface area contributed by atoms with Gasteiger partial charge < -0.3 is 14.6 Å². The number of hydrogen-bond donors (Lipinski definition) is 1. The molecule has 1 N–H and O–H groups in total. The van der Waals surface area contributed by atoms with Crippen molar-refractivity contribution in [3.05, 3.63) is 65.5 Å². The molecule has 0 saturated carbocycles. The van der Waals surface area contributed by atoms with Crippen LogP contribution < -0.4 is 10.1 Å². The minimum absolute atomic E-state index is 0.0683. The third-order valence-electron chi connectivity index (χ3n) is 3.95. The average molecular weight is 349 g/mol. The van der Waals surface area contributed by atoms with Crippen LogP contribution in [0.1, 0.15) is 23.9 Å². The Morgan fingerprint density at radius 1 is 1.35 bits per heavy atom. The highest BCUT2D eigenvalue weighted by atomic mass is 16.5. The van der Waals surface area contributed by atoms with Crippen molar-refractivity contribution in [2.75, 3.05) is 13.2 Å². The molecule has 1 heterocycles. The number of nitriles is 1. The Hall–Kier alpha value is -3.26. The van der Waals surface area contributed by atoms with Gasteiger partial charge in [-0.2, -0.15) is 5.26 Å². The van der Waals surface area contributed by atoms with E-state index < -0.39 is 5.91 Å². The molecule has 1 aromatic heterocycles. The smallest absolute Gasteiger partial charge is 0.262 e. The van der Waals surface area contributed by atoms with Gasteiger partial charge in [0, 0.05) is 23.6 Å². The number of carbonyl (C=O) groups excluding carboxylic acids is 1. The van der Waals surface area contributed by atoms with E-state index in [4.69, 9.17) is 4.74 Å². The van der Waals surface area contributed by atoms with Gasteiger partial charge in [-0.25, -0.2) is 0 Å². The quantitative estimate of drug-likeness (QED) is 0.471. The number of rotatable bonds is 7. The molecule has 0 aliphatic rings. The molecular formula is C21H23N3O2. The molecule has 0 aliphatic heterocycles. The van der Waals surface area contributed by atoms with Crippen molar-refractivity contribution in [3.63, 3.8) is 0 Å². The first kappa shape index (κ1) is 19.1. The van der Waals surface area contributed by atoms with Crippen molar-refractivity contribution in [2.24, 2.45) is 0 Å². The molecule has 1 amide bonds. The number of amides is 1. The Labute approximate surface area is 154 Å². The van der Waals surface area contributed by atoms with Gasteiger partial charge in [0.15, 0.2) is 0 Å². The zero-order valence-corrected chi connectivity index (χ0v) is 15.4. The van der Waals surface area contributed by atoms with E-state index in [2.05, 4.69) is 16.5 Å². The Bertz CT molecular complexity index is 868. The van der Waals surface area contributed by atoms with Gasteiger partial charge in [0.05, 0.1) is 6.61 Å². The standard InChI is InChI=1S/C21H23N3O2/c1-5-11-23-21(25)18(14-22)13-17-12-15(3)24(16(17)4)19-7-9-20(10-8-19)26-6-2/h5,7-10,12-13H,1,6,11H2,2-4H3,(H,23,25)/b18-13+. The summed E-state index contributed by atoms with van der Waals surface area (Å²) in [5.41, 5.74) is 3.87. The Kier molecular flexibility index (Phi) is 6.40. The van der Waals surface area contributed by atoms with E-state index in [0.717, 1.165) is 28.4 Å². The molecule has 1 aromatic carbocycles. The van der Waals surface area contributed by atoms with E-state index in [1.807, 2.05) is 57.2 Å². The maximum atomic E-state index is 12.0. The molecule has 0 bridgehead atoms. The molecular weight excluding hydrogens is 326 g/mol. The predicted octanol–water partition coefficient (Wildman–Crippen LogP) is 3.70. The van der Waals surface area contributed by atoms with Crippen LogP contribution in [0.15, 0.2) is 48.6 Å². The van der Waals surface area contributed by atoms with Crippen LogP contribution in [0.5, 0.6) is 5.75 Å². The summed E-state index contributed by atoms with van der Waals surface area (Å²) in [4.78, 5) is 12.0. The second-order valence-electron chi connectivity index (χ2n) is 5.76. The van der Waals surface area contributed by atoms with Gasteiger partial charge in [0.2, 0.25) is 0 Å². The van der Waals surface area contributed by atoms with Gasteiger partial charge in [0.25, 0.3) is 5.91 Å². The van der Waals surface area contributed by atoms with Crippen molar-refractivity contribution in [2.45, 2.75) is 20.8 Å². The highest BCUT2D eigenvalue weighted by molar-refractivity contribution is 6.01. The lowest BCUT2D eigenvalue weighted by atomic mass is 10.1. The van der Waals surface area contributed by atoms with Gasteiger partial charge in [-0.1, -0.05) is 6.08 Å². The first-order valence-corrected chi connectivity index (χ1v) is 8.44. The van der Waals surface area contributed by atoms with Gasteiger partial charge in [-0.3, -0.25) is 4.79 Å². The van der Waals surface area contributed by atoms with E-state index in [1.165, 1.54) is 0 Å². The van der Waals surface area contributed by atoms with Crippen molar-refractivity contribution in [3.8, 4) is 17.5 Å². The second-order valence-corrected chi connectivity index (χ2v) is 5.76. The van der Waals surface area contributed by atoms with E-state index in [1.54, 1.807) is 12.2 Å². The van der Waals surface area contributed by atoms with Gasteiger partial charge in [0.1, 0.15) is 17.4 Å². The topological polar surface area (TPSA) is 67.0 Å². The molecule has 0 saturated heterocycles. The fourth-order valence-corrected chi connectivity index (χ4v) is 2.75. The minimum atomic E-state index is -0.404. The van der Waals surface area contributed by atoms with Crippen LogP contribution >= 0.6 is 0 Å². The van der Waals surface area contributed by atoms with Crippen molar-refractivity contribution < 1.29 is 9.53 Å². The second kappa shape index (κ2) is 8.72. The van der Waals surface area contributed by atoms with Crippen molar-refractivity contribution >= 4 is 12.0 Å². The number of aromatic nitrogens is 1. The number of nitrogens with zero attached hydrogens (tertiary/aromatic N) is 2. The third kappa shape index (κ3) is 4.22. The zero-order chi connectivity index (χ0) is 19.1. The van der Waals surface area contributed by atoms with Crippen LogP contribution in [0.25, 0.3) is 11.8 Å². The first-order chi connectivity index (χ1) is 12.5. The summed E-state index contributed by atoms with van der Waals surface area (Å²) < 4.78 is 7.56. The lowest BCUT2D eigenvalue weighted by molar-refractivity contribution is -0.116. The summed E-state index contributed by atoms with van der Waals surface area (Å²) in [5, 5.41) is 11.9. The predicted molar refractivity (Wildman–Crippen MR) is 103 cm³/mol. The largest absolute Gasteiger partial charge is 0.494 e. The molecule has 0 unspecified atom stereocenters. The summed E-state index contributed by atoms with van der Waals surface area (Å²) in [5.74, 6) is 0.419. The number of benzene rings is 1. The fraction of sp³-hybridized carbons (Fsp3) is 0.238. The molecule has 134 valence electrons. The molecule has 0 aliphatic carbocycles.